The zero-order chi connectivity index (χ0) is 16.4. The van der Waals surface area contributed by atoms with Gasteiger partial charge in [-0.2, -0.15) is 0 Å². The molecule has 2 aromatic rings. The maximum atomic E-state index is 12.3. The summed E-state index contributed by atoms with van der Waals surface area (Å²) in [5, 5.41) is 10.1. The molecule has 6 nitrogen and oxygen atoms in total. The van der Waals surface area contributed by atoms with E-state index in [1.165, 1.54) is 11.0 Å². The van der Waals surface area contributed by atoms with Crippen molar-refractivity contribution in [2.75, 3.05) is 19.7 Å². The van der Waals surface area contributed by atoms with Gasteiger partial charge in [0.25, 0.3) is 0 Å². The van der Waals surface area contributed by atoms with Crippen molar-refractivity contribution in [3.63, 3.8) is 0 Å². The second-order valence-electron chi connectivity index (χ2n) is 5.53. The average Bonchev–Trinajstić information content (AvgIpc) is 2.89. The van der Waals surface area contributed by atoms with Crippen molar-refractivity contribution in [3.05, 3.63) is 42.1 Å². The number of carbonyl (C=O) groups excluding carboxylic acids is 1. The van der Waals surface area contributed by atoms with E-state index < -0.39 is 12.1 Å². The van der Waals surface area contributed by atoms with Crippen LogP contribution in [0.2, 0.25) is 0 Å². The number of morpholine rings is 1. The number of rotatable bonds is 3. The van der Waals surface area contributed by atoms with Crippen molar-refractivity contribution < 1.29 is 19.4 Å². The maximum Gasteiger partial charge on any atom is 0.334 e. The Kier molecular flexibility index (Phi) is 4.16. The number of carboxylic acids is 1. The number of amides is 1. The molecule has 0 bridgehead atoms. The van der Waals surface area contributed by atoms with E-state index in [9.17, 15) is 9.59 Å². The highest BCUT2D eigenvalue weighted by molar-refractivity contribution is 5.96. The minimum Gasteiger partial charge on any atom is -0.479 e. The SMILES string of the molecule is Cn1cc(C=CC(=O)N2CCOC(C(=O)O)C2)c2ccccc21. The van der Waals surface area contributed by atoms with Gasteiger partial charge in [0.1, 0.15) is 0 Å². The molecule has 1 aliphatic heterocycles. The van der Waals surface area contributed by atoms with Gasteiger partial charge in [0.05, 0.1) is 13.2 Å². The Hall–Kier alpha value is -2.60. The number of aromatic nitrogens is 1. The number of hydrogen-bond acceptors (Lipinski definition) is 3. The number of aliphatic carboxylic acids is 1. The second kappa shape index (κ2) is 6.26. The van der Waals surface area contributed by atoms with Crippen LogP contribution in [0.3, 0.4) is 0 Å². The fourth-order valence-electron chi connectivity index (χ4n) is 2.77. The summed E-state index contributed by atoms with van der Waals surface area (Å²) in [5.41, 5.74) is 2.05. The Morgan fingerprint density at radius 2 is 2.13 bits per heavy atom. The van der Waals surface area contributed by atoms with E-state index in [-0.39, 0.29) is 19.1 Å². The summed E-state index contributed by atoms with van der Waals surface area (Å²) in [5.74, 6) is -1.24. The van der Waals surface area contributed by atoms with Crippen LogP contribution in [-0.4, -0.2) is 52.3 Å². The molecule has 0 spiro atoms. The van der Waals surface area contributed by atoms with Crippen LogP contribution in [0, 0.1) is 0 Å². The zero-order valence-corrected chi connectivity index (χ0v) is 12.8. The lowest BCUT2D eigenvalue weighted by Gasteiger charge is -2.30. The summed E-state index contributed by atoms with van der Waals surface area (Å²) in [6.07, 6.45) is 4.29. The summed E-state index contributed by atoms with van der Waals surface area (Å²) in [6.45, 7) is 0.724. The van der Waals surface area contributed by atoms with E-state index in [0.717, 1.165) is 16.5 Å². The first-order valence-corrected chi connectivity index (χ1v) is 7.41. The van der Waals surface area contributed by atoms with Crippen LogP contribution in [0.15, 0.2) is 36.5 Å². The molecule has 0 aliphatic carbocycles. The minimum atomic E-state index is -1.04. The second-order valence-corrected chi connectivity index (χ2v) is 5.53. The first kappa shape index (κ1) is 15.3. The number of nitrogens with zero attached hydrogens (tertiary/aromatic N) is 2. The average molecular weight is 314 g/mol. The van der Waals surface area contributed by atoms with Gasteiger partial charge >= 0.3 is 5.97 Å². The highest BCUT2D eigenvalue weighted by atomic mass is 16.5. The van der Waals surface area contributed by atoms with Gasteiger partial charge in [0, 0.05) is 42.3 Å². The van der Waals surface area contributed by atoms with Crippen LogP contribution < -0.4 is 0 Å². The third-order valence-electron chi connectivity index (χ3n) is 3.99. The van der Waals surface area contributed by atoms with Gasteiger partial charge in [-0.3, -0.25) is 4.79 Å². The van der Waals surface area contributed by atoms with Gasteiger partial charge in [0.2, 0.25) is 5.91 Å². The molecular formula is C17H18N2O4. The fourth-order valence-corrected chi connectivity index (χ4v) is 2.77. The molecule has 0 radical (unpaired) electrons. The molecule has 1 aromatic carbocycles. The number of aryl methyl sites for hydroxylation is 1. The van der Waals surface area contributed by atoms with E-state index in [4.69, 9.17) is 9.84 Å². The van der Waals surface area contributed by atoms with E-state index in [2.05, 4.69) is 0 Å². The summed E-state index contributed by atoms with van der Waals surface area (Å²) >= 11 is 0. The third-order valence-corrected chi connectivity index (χ3v) is 3.99. The first-order valence-electron chi connectivity index (χ1n) is 7.41. The zero-order valence-electron chi connectivity index (χ0n) is 12.8. The fraction of sp³-hybridized carbons (Fsp3) is 0.294. The minimum absolute atomic E-state index is 0.0774. The van der Waals surface area contributed by atoms with Crippen LogP contribution in [0.4, 0.5) is 0 Å². The molecule has 1 amide bonds. The van der Waals surface area contributed by atoms with Crippen LogP contribution in [0.25, 0.3) is 17.0 Å². The quantitative estimate of drug-likeness (QED) is 0.872. The lowest BCUT2D eigenvalue weighted by Crippen LogP contribution is -2.48. The lowest BCUT2D eigenvalue weighted by molar-refractivity contribution is -0.158. The normalized spacial score (nSPS) is 18.7. The number of carboxylic acid groups (broad SMARTS) is 1. The summed E-state index contributed by atoms with van der Waals surface area (Å²) < 4.78 is 7.13. The summed E-state index contributed by atoms with van der Waals surface area (Å²) in [4.78, 5) is 24.7. The molecule has 0 saturated carbocycles. The summed E-state index contributed by atoms with van der Waals surface area (Å²) in [7, 11) is 1.96. The van der Waals surface area contributed by atoms with Gasteiger partial charge in [-0.15, -0.1) is 0 Å². The topological polar surface area (TPSA) is 71.8 Å². The number of carbonyl (C=O) groups is 2. The highest BCUT2D eigenvalue weighted by Gasteiger charge is 2.27. The van der Waals surface area contributed by atoms with Gasteiger partial charge in [-0.05, 0) is 12.1 Å². The molecule has 2 heterocycles. The van der Waals surface area contributed by atoms with Gasteiger partial charge in [-0.25, -0.2) is 4.79 Å². The van der Waals surface area contributed by atoms with E-state index >= 15 is 0 Å². The van der Waals surface area contributed by atoms with Crippen LogP contribution in [0.1, 0.15) is 5.56 Å². The van der Waals surface area contributed by atoms with E-state index in [0.29, 0.717) is 6.54 Å². The van der Waals surface area contributed by atoms with Crippen molar-refractivity contribution in [2.45, 2.75) is 6.10 Å². The van der Waals surface area contributed by atoms with E-state index in [1.807, 2.05) is 42.1 Å². The molecule has 3 rings (SSSR count). The number of fused-ring (bicyclic) bond motifs is 1. The largest absolute Gasteiger partial charge is 0.479 e. The first-order chi connectivity index (χ1) is 11.1. The van der Waals surface area contributed by atoms with Crippen molar-refractivity contribution in [2.24, 2.45) is 7.05 Å². The predicted octanol–water partition coefficient (Wildman–Crippen LogP) is 1.50. The summed E-state index contributed by atoms with van der Waals surface area (Å²) in [6, 6.07) is 7.96. The van der Waals surface area contributed by atoms with Gasteiger partial charge < -0.3 is 19.3 Å². The molecule has 120 valence electrons. The van der Waals surface area contributed by atoms with Gasteiger partial charge in [0.15, 0.2) is 6.10 Å². The van der Waals surface area contributed by atoms with Crippen molar-refractivity contribution in [3.8, 4) is 0 Å². The molecule has 1 atom stereocenters. The Morgan fingerprint density at radius 3 is 2.91 bits per heavy atom. The van der Waals surface area contributed by atoms with Crippen molar-refractivity contribution >= 4 is 28.9 Å². The number of ether oxygens (including phenoxy) is 1. The molecule has 1 unspecified atom stereocenters. The molecule has 1 saturated heterocycles. The van der Waals surface area contributed by atoms with Crippen LogP contribution in [0.5, 0.6) is 0 Å². The molecule has 1 fully saturated rings. The number of para-hydroxylation sites is 1. The monoisotopic (exact) mass is 314 g/mol. The smallest absolute Gasteiger partial charge is 0.334 e. The van der Waals surface area contributed by atoms with Crippen LogP contribution >= 0.6 is 0 Å². The Morgan fingerprint density at radius 1 is 1.35 bits per heavy atom. The molecule has 1 aromatic heterocycles. The Labute approximate surface area is 133 Å². The molecule has 1 aliphatic rings. The number of benzene rings is 1. The van der Waals surface area contributed by atoms with Crippen molar-refractivity contribution in [1.29, 1.82) is 0 Å². The molecule has 1 N–H and O–H groups in total. The van der Waals surface area contributed by atoms with Gasteiger partial charge in [-0.1, -0.05) is 18.2 Å². The molecular weight excluding hydrogens is 296 g/mol. The Balaban J connectivity index is 1.76. The third kappa shape index (κ3) is 3.12. The standard InChI is InChI=1S/C17H18N2O4/c1-18-10-12(13-4-2-3-5-14(13)18)6-7-16(20)19-8-9-23-15(11-19)17(21)22/h2-7,10,15H,8-9,11H2,1H3,(H,21,22). The lowest BCUT2D eigenvalue weighted by atomic mass is 10.1. The van der Waals surface area contributed by atoms with E-state index in [1.54, 1.807) is 6.08 Å². The van der Waals surface area contributed by atoms with Crippen LogP contribution in [-0.2, 0) is 21.4 Å². The number of hydrogen-bond donors (Lipinski definition) is 1. The molecule has 6 heteroatoms. The Bertz CT molecular complexity index is 778. The maximum absolute atomic E-state index is 12.3. The highest BCUT2D eigenvalue weighted by Crippen LogP contribution is 2.21. The van der Waals surface area contributed by atoms with Crippen molar-refractivity contribution in [1.82, 2.24) is 9.47 Å². The molecule has 23 heavy (non-hydrogen) atoms. The predicted molar refractivity (Wildman–Crippen MR) is 85.9 cm³/mol.